The highest BCUT2D eigenvalue weighted by Gasteiger charge is 2.08. The first-order valence-electron chi connectivity index (χ1n) is 8.20. The zero-order valence-electron chi connectivity index (χ0n) is 13.8. The normalized spacial score (nSPS) is 10.8. The highest BCUT2D eigenvalue weighted by atomic mass is 35.5. The molecule has 0 aliphatic rings. The van der Waals surface area contributed by atoms with Gasteiger partial charge in [0.2, 0.25) is 0 Å². The Kier molecular flexibility index (Phi) is 6.01. The first-order valence-corrected chi connectivity index (χ1v) is 9.56. The number of hydrogen-bond donors (Lipinski definition) is 0. The fourth-order valence-electron chi connectivity index (χ4n) is 2.62. The summed E-state index contributed by atoms with van der Waals surface area (Å²) in [5.74, 6) is 0.863. The van der Waals surface area contributed by atoms with Crippen molar-refractivity contribution in [2.24, 2.45) is 0 Å². The summed E-state index contributed by atoms with van der Waals surface area (Å²) < 4.78 is 0. The summed E-state index contributed by atoms with van der Waals surface area (Å²) in [6.45, 7) is 2.18. The summed E-state index contributed by atoms with van der Waals surface area (Å²) in [7, 11) is 0. The first-order chi connectivity index (χ1) is 11.8. The Bertz CT molecular complexity index is 779. The Morgan fingerprint density at radius 3 is 2.33 bits per heavy atom. The zero-order valence-corrected chi connectivity index (χ0v) is 15.3. The Morgan fingerprint density at radius 1 is 0.875 bits per heavy atom. The van der Waals surface area contributed by atoms with Crippen molar-refractivity contribution >= 4 is 23.4 Å². The van der Waals surface area contributed by atoms with Crippen molar-refractivity contribution in [2.45, 2.75) is 30.4 Å². The second-order valence-electron chi connectivity index (χ2n) is 5.75. The van der Waals surface area contributed by atoms with Gasteiger partial charge in [-0.1, -0.05) is 79.2 Å². The smallest absolute Gasteiger partial charge is 0.0481 e. The van der Waals surface area contributed by atoms with Crippen LogP contribution in [0.4, 0.5) is 0 Å². The largest absolute Gasteiger partial charge is 0.121 e. The van der Waals surface area contributed by atoms with Crippen molar-refractivity contribution < 1.29 is 0 Å². The highest BCUT2D eigenvalue weighted by molar-refractivity contribution is 7.98. The van der Waals surface area contributed by atoms with Crippen LogP contribution >= 0.6 is 23.4 Å². The maximum Gasteiger partial charge on any atom is 0.0481 e. The van der Waals surface area contributed by atoms with Crippen LogP contribution < -0.4 is 0 Å². The molecule has 3 aromatic carbocycles. The molecule has 1 radical (unpaired) electrons. The molecule has 0 bridgehead atoms. The molecule has 0 spiro atoms. The minimum Gasteiger partial charge on any atom is -0.121 e. The van der Waals surface area contributed by atoms with E-state index in [2.05, 4.69) is 61.5 Å². The molecule has 0 N–H and O–H groups in total. The molecule has 0 aliphatic heterocycles. The van der Waals surface area contributed by atoms with E-state index in [0.717, 1.165) is 28.5 Å². The minimum absolute atomic E-state index is 0.863. The highest BCUT2D eigenvalue weighted by Crippen LogP contribution is 2.29. The van der Waals surface area contributed by atoms with E-state index in [9.17, 15) is 0 Å². The topological polar surface area (TPSA) is 0 Å². The number of rotatable bonds is 6. The van der Waals surface area contributed by atoms with Crippen LogP contribution in [-0.2, 0) is 18.6 Å². The molecule has 0 saturated heterocycles. The predicted octanol–water partition coefficient (Wildman–Crippen LogP) is 6.59. The van der Waals surface area contributed by atoms with Crippen LogP contribution in [0.25, 0.3) is 0 Å². The molecule has 3 aromatic rings. The molecule has 3 rings (SSSR count). The van der Waals surface area contributed by atoms with E-state index in [1.807, 2.05) is 18.2 Å². The van der Waals surface area contributed by atoms with E-state index in [4.69, 9.17) is 11.6 Å². The van der Waals surface area contributed by atoms with Gasteiger partial charge in [-0.2, -0.15) is 0 Å². The van der Waals surface area contributed by atoms with Gasteiger partial charge in [-0.3, -0.25) is 0 Å². The summed E-state index contributed by atoms with van der Waals surface area (Å²) in [5.41, 5.74) is 5.04. The summed E-state index contributed by atoms with van der Waals surface area (Å²) >= 11 is 8.43. The van der Waals surface area contributed by atoms with Crippen molar-refractivity contribution in [2.75, 3.05) is 0 Å². The van der Waals surface area contributed by atoms with Crippen molar-refractivity contribution in [1.82, 2.24) is 0 Å². The van der Waals surface area contributed by atoms with Gasteiger partial charge in [0.15, 0.2) is 0 Å². The van der Waals surface area contributed by atoms with Gasteiger partial charge in [-0.15, -0.1) is 11.8 Å². The van der Waals surface area contributed by atoms with Gasteiger partial charge < -0.3 is 0 Å². The summed E-state index contributed by atoms with van der Waals surface area (Å²) in [5, 5.41) is 0.889. The molecule has 121 valence electrons. The molecule has 2 heteroatoms. The van der Waals surface area contributed by atoms with Crippen molar-refractivity contribution in [3.05, 3.63) is 100 Å². The van der Waals surface area contributed by atoms with Crippen LogP contribution in [0, 0.1) is 6.07 Å². The van der Waals surface area contributed by atoms with Gasteiger partial charge in [0.25, 0.3) is 0 Å². The van der Waals surface area contributed by atoms with E-state index in [-0.39, 0.29) is 0 Å². The summed E-state index contributed by atoms with van der Waals surface area (Å²) in [6, 6.07) is 26.4. The Labute approximate surface area is 153 Å². The molecular formula is C22H20ClS. The van der Waals surface area contributed by atoms with Gasteiger partial charge in [0.1, 0.15) is 0 Å². The molecule has 24 heavy (non-hydrogen) atoms. The standard InChI is InChI=1S/C22H20ClS/c1-2-17-11-13-18(14-12-17)15-19-7-6-8-20(22(19)23)16-24-21-9-4-3-5-10-21/h3-9,11-14H,2,15-16H2,1H3. The number of benzene rings is 3. The average Bonchev–Trinajstić information content (AvgIpc) is 2.64. The van der Waals surface area contributed by atoms with Crippen molar-refractivity contribution in [3.63, 3.8) is 0 Å². The summed E-state index contributed by atoms with van der Waals surface area (Å²) in [4.78, 5) is 1.15. The molecule has 0 atom stereocenters. The first kappa shape index (κ1) is 17.1. The van der Waals surface area contributed by atoms with Gasteiger partial charge in [-0.05, 0) is 47.2 Å². The van der Waals surface area contributed by atoms with Gasteiger partial charge >= 0.3 is 0 Å². The van der Waals surface area contributed by atoms with Crippen molar-refractivity contribution in [1.29, 1.82) is 0 Å². The van der Waals surface area contributed by atoms with Crippen LogP contribution in [0.15, 0.2) is 71.6 Å². The maximum absolute atomic E-state index is 6.66. The van der Waals surface area contributed by atoms with E-state index >= 15 is 0 Å². The van der Waals surface area contributed by atoms with E-state index in [0.29, 0.717) is 0 Å². The number of aryl methyl sites for hydroxylation is 1. The van der Waals surface area contributed by atoms with Crippen molar-refractivity contribution in [3.8, 4) is 0 Å². The Morgan fingerprint density at radius 2 is 1.62 bits per heavy atom. The molecule has 0 nitrogen and oxygen atoms in total. The maximum atomic E-state index is 6.66. The Balaban J connectivity index is 1.72. The van der Waals surface area contributed by atoms with Gasteiger partial charge in [0, 0.05) is 15.7 Å². The minimum atomic E-state index is 0.863. The van der Waals surface area contributed by atoms with Crippen LogP contribution in [0.1, 0.15) is 29.2 Å². The fraction of sp³-hybridized carbons (Fsp3) is 0.182. The quantitative estimate of drug-likeness (QED) is 0.451. The van der Waals surface area contributed by atoms with Gasteiger partial charge in [0.05, 0.1) is 0 Å². The predicted molar refractivity (Wildman–Crippen MR) is 105 cm³/mol. The average molecular weight is 352 g/mol. The fourth-order valence-corrected chi connectivity index (χ4v) is 3.83. The monoisotopic (exact) mass is 351 g/mol. The molecule has 0 heterocycles. The number of hydrogen-bond acceptors (Lipinski definition) is 1. The van der Waals surface area contributed by atoms with E-state index < -0.39 is 0 Å². The molecule has 0 aromatic heterocycles. The molecule has 0 unspecified atom stereocenters. The SMILES string of the molecule is CCc1ccc(Cc2cccc(CSc3[c]cccc3)c2Cl)cc1. The lowest BCUT2D eigenvalue weighted by Gasteiger charge is -2.10. The molecular weight excluding hydrogens is 332 g/mol. The number of thioether (sulfide) groups is 1. The van der Waals surface area contributed by atoms with E-state index in [1.165, 1.54) is 22.3 Å². The van der Waals surface area contributed by atoms with E-state index in [1.54, 1.807) is 11.8 Å². The van der Waals surface area contributed by atoms with Gasteiger partial charge in [-0.25, -0.2) is 0 Å². The Hall–Kier alpha value is -1.70. The summed E-state index contributed by atoms with van der Waals surface area (Å²) in [6.07, 6.45) is 1.95. The lowest BCUT2D eigenvalue weighted by molar-refractivity contribution is 1.12. The second-order valence-corrected chi connectivity index (χ2v) is 7.15. The zero-order chi connectivity index (χ0) is 16.8. The third kappa shape index (κ3) is 4.43. The third-order valence-corrected chi connectivity index (χ3v) is 5.55. The lowest BCUT2D eigenvalue weighted by Crippen LogP contribution is -1.93. The van der Waals surface area contributed by atoms with Crippen LogP contribution in [0.3, 0.4) is 0 Å². The number of halogens is 1. The molecule has 0 aliphatic carbocycles. The second kappa shape index (κ2) is 8.41. The van der Waals surface area contributed by atoms with Crippen LogP contribution in [-0.4, -0.2) is 0 Å². The molecule has 0 saturated carbocycles. The van der Waals surface area contributed by atoms with Crippen LogP contribution in [0.2, 0.25) is 5.02 Å². The van der Waals surface area contributed by atoms with Crippen LogP contribution in [0.5, 0.6) is 0 Å². The lowest BCUT2D eigenvalue weighted by atomic mass is 10.0. The third-order valence-electron chi connectivity index (χ3n) is 4.05. The molecule has 0 amide bonds. The molecule has 0 fully saturated rings.